The third-order valence-electron chi connectivity index (χ3n) is 0. The summed E-state index contributed by atoms with van der Waals surface area (Å²) < 4.78 is 0. The molecule has 0 atom stereocenters. The van der Waals surface area contributed by atoms with Gasteiger partial charge in [-0.15, -0.1) is 0 Å². The molecule has 0 saturated heterocycles. The van der Waals surface area contributed by atoms with Crippen LogP contribution in [0.4, 0.5) is 0 Å². The van der Waals surface area contributed by atoms with Gasteiger partial charge in [-0.3, -0.25) is 0 Å². The summed E-state index contributed by atoms with van der Waals surface area (Å²) in [4.78, 5) is 0. The quantitative estimate of drug-likeness (QED) is 0.503. The largest absolute Gasteiger partial charge is 2.00 e. The summed E-state index contributed by atoms with van der Waals surface area (Å²) in [6, 6.07) is 0. The zero-order valence-corrected chi connectivity index (χ0v) is 11.2. The van der Waals surface area contributed by atoms with Crippen molar-refractivity contribution in [2.24, 2.45) is 0 Å². The first-order chi connectivity index (χ1) is 1.00. The third kappa shape index (κ3) is 27.1. The van der Waals surface area contributed by atoms with Crippen LogP contribution in [0.25, 0.3) is 0 Å². The van der Waals surface area contributed by atoms with E-state index < -0.39 is 0 Å². The maximum atomic E-state index is 6.50. The van der Waals surface area contributed by atoms with Gasteiger partial charge in [0.2, 0.25) is 0 Å². The molecule has 0 saturated carbocycles. The predicted octanol–water partition coefficient (Wildman–Crippen LogP) is -1.25. The summed E-state index contributed by atoms with van der Waals surface area (Å²) >= 11 is 0. The van der Waals surface area contributed by atoms with E-state index in [-0.39, 0.29) is 103 Å². The molecule has 28 valence electrons. The van der Waals surface area contributed by atoms with E-state index in [1.54, 1.807) is 0 Å². The molecule has 0 aromatic rings. The second-order valence-electron chi connectivity index (χ2n) is 0. The summed E-state index contributed by atoms with van der Waals surface area (Å²) in [5, 5.41) is 6.50. The molecule has 0 bridgehead atoms. The Morgan fingerprint density at radius 2 is 1.33 bits per heavy atom. The predicted molar refractivity (Wildman–Crippen MR) is 23.9 cm³/mol. The van der Waals surface area contributed by atoms with E-state index in [9.17, 15) is 0 Å². The standard InChI is InChI=1S/BHO.Ca.Fe.Mg.Zn.4H/c1-2;;;;;;;;/h2H;;;;;;;;/q;+2;;+2;;4*-1. The Kier molecular flexibility index (Phi) is 243. The first-order valence-corrected chi connectivity index (χ1v) is 0.258. The molecule has 0 aromatic carbocycles. The van der Waals surface area contributed by atoms with Gasteiger partial charge in [0.25, 0.3) is 8.05 Å². The van der Waals surface area contributed by atoms with Gasteiger partial charge in [0.1, 0.15) is 0 Å². The molecular formula is H5BCaFeMgOZn. The molecule has 0 rings (SSSR count). The average molecular weight is 217 g/mol. The van der Waals surface area contributed by atoms with Gasteiger partial charge in [0, 0.05) is 36.5 Å². The van der Waals surface area contributed by atoms with Crippen molar-refractivity contribution in [3.8, 4) is 0 Å². The SMILES string of the molecule is [B]O.[Ca+2].[Fe].[H-].[H-].[H-].[H-].[Mg+2].[Zn]. The summed E-state index contributed by atoms with van der Waals surface area (Å²) in [5.41, 5.74) is 0. The first kappa shape index (κ1) is 35.1. The Morgan fingerprint density at radius 3 is 1.33 bits per heavy atom. The van der Waals surface area contributed by atoms with Gasteiger partial charge in [-0.05, 0) is 0 Å². The van der Waals surface area contributed by atoms with Gasteiger partial charge in [-0.2, -0.15) is 0 Å². The van der Waals surface area contributed by atoms with Crippen molar-refractivity contribution >= 4 is 68.8 Å². The van der Waals surface area contributed by atoms with E-state index in [2.05, 4.69) is 8.05 Å². The fraction of sp³-hybridized carbons (Fsp3) is 0. The van der Waals surface area contributed by atoms with Crippen LogP contribution in [-0.4, -0.2) is 73.9 Å². The van der Waals surface area contributed by atoms with Crippen molar-refractivity contribution < 1.29 is 47.3 Å². The van der Waals surface area contributed by atoms with Crippen molar-refractivity contribution in [1.29, 1.82) is 0 Å². The summed E-state index contributed by atoms with van der Waals surface area (Å²) in [6.45, 7) is 0. The molecule has 2 radical (unpaired) electrons. The number of rotatable bonds is 0. The minimum atomic E-state index is 0. The Balaban J connectivity index is -0.000000000179. The van der Waals surface area contributed by atoms with Crippen LogP contribution in [-0.2, 0) is 36.5 Å². The third-order valence-corrected chi connectivity index (χ3v) is 0. The van der Waals surface area contributed by atoms with Crippen LogP contribution < -0.4 is 0 Å². The van der Waals surface area contributed by atoms with Crippen LogP contribution in [0.2, 0.25) is 0 Å². The van der Waals surface area contributed by atoms with Crippen molar-refractivity contribution in [3.05, 3.63) is 0 Å². The molecule has 0 aliphatic carbocycles. The van der Waals surface area contributed by atoms with E-state index in [1.165, 1.54) is 0 Å². The molecule has 1 N–H and O–H groups in total. The van der Waals surface area contributed by atoms with Gasteiger partial charge in [-0.1, -0.05) is 0 Å². The van der Waals surface area contributed by atoms with Crippen LogP contribution in [0.5, 0.6) is 0 Å². The van der Waals surface area contributed by atoms with Crippen molar-refractivity contribution in [1.82, 2.24) is 0 Å². The van der Waals surface area contributed by atoms with Crippen molar-refractivity contribution in [2.45, 2.75) is 0 Å². The number of hydrogen-bond donors (Lipinski definition) is 1. The van der Waals surface area contributed by atoms with Crippen LogP contribution >= 0.6 is 0 Å². The monoisotopic (exact) mass is 216 g/mol. The normalized spacial score (nSPS) is 0.833. The average Bonchev–Trinajstić information content (AvgIpc) is 1.00. The van der Waals surface area contributed by atoms with Crippen LogP contribution in [0.3, 0.4) is 0 Å². The molecule has 0 aliphatic rings. The van der Waals surface area contributed by atoms with Crippen LogP contribution in [0.1, 0.15) is 5.71 Å². The molecule has 0 unspecified atom stereocenters. The summed E-state index contributed by atoms with van der Waals surface area (Å²) in [7, 11) is 3.50. The van der Waals surface area contributed by atoms with E-state index in [1.807, 2.05) is 0 Å². The van der Waals surface area contributed by atoms with Gasteiger partial charge >= 0.3 is 60.8 Å². The molecule has 1 nitrogen and oxygen atoms in total. The molecule has 6 heavy (non-hydrogen) atoms. The first-order valence-electron chi connectivity index (χ1n) is 0.258. The molecule has 0 spiro atoms. The Hall–Kier alpha value is 3.19. The minimum Gasteiger partial charge on any atom is -1.00 e. The van der Waals surface area contributed by atoms with Gasteiger partial charge in [0.05, 0.1) is 0 Å². The molecule has 0 heterocycles. The minimum absolute atomic E-state index is 0. The molecular weight excluding hydrogens is 212 g/mol. The number of hydrogen-bond acceptors (Lipinski definition) is 1. The Bertz CT molecular complexity index is 25.2. The van der Waals surface area contributed by atoms with E-state index in [0.717, 1.165) is 0 Å². The molecule has 6 heteroatoms. The maximum Gasteiger partial charge on any atom is 2.00 e. The molecule has 0 aliphatic heterocycles. The fourth-order valence-corrected chi connectivity index (χ4v) is 0. The van der Waals surface area contributed by atoms with Crippen LogP contribution in [0, 0.1) is 0 Å². The zero-order valence-electron chi connectivity index (χ0n) is 7.50. The second kappa shape index (κ2) is 41.6. The Labute approximate surface area is 114 Å². The smallest absolute Gasteiger partial charge is 1.00 e. The maximum absolute atomic E-state index is 6.50. The molecule has 0 amide bonds. The van der Waals surface area contributed by atoms with Crippen molar-refractivity contribution in [3.63, 3.8) is 0 Å². The molecule has 0 aromatic heterocycles. The van der Waals surface area contributed by atoms with Gasteiger partial charge < -0.3 is 10.7 Å². The second-order valence-corrected chi connectivity index (χ2v) is 0. The van der Waals surface area contributed by atoms with E-state index in [4.69, 9.17) is 5.02 Å². The topological polar surface area (TPSA) is 20.2 Å². The van der Waals surface area contributed by atoms with Gasteiger partial charge in [-0.25, -0.2) is 0 Å². The summed E-state index contributed by atoms with van der Waals surface area (Å²) in [5.74, 6) is 0. The van der Waals surface area contributed by atoms with Crippen molar-refractivity contribution in [2.75, 3.05) is 0 Å². The van der Waals surface area contributed by atoms with E-state index in [0.29, 0.717) is 0 Å². The van der Waals surface area contributed by atoms with Gasteiger partial charge in [0.15, 0.2) is 0 Å². The molecule has 0 fully saturated rings. The summed E-state index contributed by atoms with van der Waals surface area (Å²) in [6.07, 6.45) is 0. The Morgan fingerprint density at radius 1 is 1.33 bits per heavy atom. The van der Waals surface area contributed by atoms with E-state index >= 15 is 0 Å². The van der Waals surface area contributed by atoms with Crippen LogP contribution in [0.15, 0.2) is 0 Å². The fourth-order valence-electron chi connectivity index (χ4n) is 0. The zero-order chi connectivity index (χ0) is 2.00.